The van der Waals surface area contributed by atoms with Crippen molar-refractivity contribution in [2.45, 2.75) is 57.2 Å². The number of aliphatic hydroxyl groups excluding tert-OH is 1. The normalized spacial score (nSPS) is 24.7. The zero-order valence-electron chi connectivity index (χ0n) is 22.7. The molecular formula is C26H31FN3O10P. The van der Waals surface area contributed by atoms with E-state index in [0.29, 0.717) is 5.39 Å². The van der Waals surface area contributed by atoms with E-state index < -0.39 is 68.0 Å². The molecule has 41 heavy (non-hydrogen) atoms. The number of benzene rings is 2. The number of aromatic nitrogens is 2. The maximum Gasteiger partial charge on any atom is 0.459 e. The SMILES string of the molecule is CO[C@H]1[C@H](n2ccc(=O)[nH]c2=O)O[C@](F)(CO[P@@](=O)(N[C@@H](C)C(=O)OC(C)C)Oc2cccc3ccccc23)[C@H]1O. The largest absolute Gasteiger partial charge is 0.462 e. The summed E-state index contributed by atoms with van der Waals surface area (Å²) in [5, 5.41) is 14.5. The van der Waals surface area contributed by atoms with Crippen molar-refractivity contribution in [3.05, 3.63) is 75.6 Å². The van der Waals surface area contributed by atoms with E-state index in [4.69, 9.17) is 23.3 Å². The molecule has 0 bridgehead atoms. The van der Waals surface area contributed by atoms with Crippen molar-refractivity contribution < 1.29 is 42.1 Å². The molecule has 2 heterocycles. The number of alkyl halides is 1. The molecule has 0 radical (unpaired) electrons. The van der Waals surface area contributed by atoms with Gasteiger partial charge in [0.15, 0.2) is 6.23 Å². The van der Waals surface area contributed by atoms with E-state index in [1.54, 1.807) is 50.2 Å². The van der Waals surface area contributed by atoms with Crippen molar-refractivity contribution in [1.29, 1.82) is 0 Å². The number of ether oxygens (including phenoxy) is 3. The smallest absolute Gasteiger partial charge is 0.459 e. The van der Waals surface area contributed by atoms with Crippen LogP contribution < -0.4 is 20.9 Å². The lowest BCUT2D eigenvalue weighted by Gasteiger charge is -2.28. The molecule has 1 aliphatic heterocycles. The molecule has 1 aliphatic rings. The van der Waals surface area contributed by atoms with Crippen molar-refractivity contribution in [3.63, 3.8) is 0 Å². The highest BCUT2D eigenvalue weighted by Gasteiger charge is 2.58. The van der Waals surface area contributed by atoms with Crippen LogP contribution in [-0.2, 0) is 28.1 Å². The lowest BCUT2D eigenvalue weighted by atomic mass is 10.1. The van der Waals surface area contributed by atoms with Gasteiger partial charge in [-0.2, -0.15) is 5.09 Å². The molecular weight excluding hydrogens is 564 g/mol. The van der Waals surface area contributed by atoms with Gasteiger partial charge in [0.05, 0.1) is 6.10 Å². The molecule has 15 heteroatoms. The number of rotatable bonds is 11. The zero-order chi connectivity index (χ0) is 29.9. The van der Waals surface area contributed by atoms with Gasteiger partial charge in [0.25, 0.3) is 11.4 Å². The first-order valence-corrected chi connectivity index (χ1v) is 14.2. The van der Waals surface area contributed by atoms with Gasteiger partial charge in [-0.05, 0) is 32.2 Å². The first kappa shape index (κ1) is 30.6. The van der Waals surface area contributed by atoms with E-state index >= 15 is 4.39 Å². The van der Waals surface area contributed by atoms with Crippen LogP contribution in [0.5, 0.6) is 5.75 Å². The van der Waals surface area contributed by atoms with Crippen LogP contribution in [-0.4, -0.2) is 64.6 Å². The number of fused-ring (bicyclic) bond motifs is 1. The van der Waals surface area contributed by atoms with Gasteiger partial charge >= 0.3 is 19.4 Å². The number of halogens is 1. The van der Waals surface area contributed by atoms with Gasteiger partial charge in [-0.1, -0.05) is 36.4 Å². The number of hydrogen-bond acceptors (Lipinski definition) is 10. The summed E-state index contributed by atoms with van der Waals surface area (Å²) in [6.45, 7) is 3.45. The Kier molecular flexibility index (Phi) is 9.12. The predicted octanol–water partition coefficient (Wildman–Crippen LogP) is 2.39. The van der Waals surface area contributed by atoms with Gasteiger partial charge in [0.1, 0.15) is 30.6 Å². The Balaban J connectivity index is 1.63. The lowest BCUT2D eigenvalue weighted by Crippen LogP contribution is -2.44. The third kappa shape index (κ3) is 6.75. The van der Waals surface area contributed by atoms with Crippen LogP contribution in [0.25, 0.3) is 10.8 Å². The quantitative estimate of drug-likeness (QED) is 0.220. The number of carbonyl (C=O) groups is 1. The number of aromatic amines is 1. The summed E-state index contributed by atoms with van der Waals surface area (Å²) in [5.41, 5.74) is -1.64. The summed E-state index contributed by atoms with van der Waals surface area (Å²) in [5.74, 6) is -3.73. The molecule has 0 saturated carbocycles. The fraction of sp³-hybridized carbons (Fsp3) is 0.423. The van der Waals surface area contributed by atoms with Crippen LogP contribution in [0.4, 0.5) is 4.39 Å². The molecule has 3 aromatic rings. The van der Waals surface area contributed by atoms with E-state index in [1.807, 2.05) is 4.98 Å². The van der Waals surface area contributed by atoms with Crippen LogP contribution in [0, 0.1) is 0 Å². The number of methoxy groups -OCH3 is 1. The minimum Gasteiger partial charge on any atom is -0.462 e. The van der Waals surface area contributed by atoms with E-state index in [2.05, 4.69) is 5.09 Å². The van der Waals surface area contributed by atoms with Gasteiger partial charge in [0.2, 0.25) is 0 Å². The molecule has 1 aromatic heterocycles. The van der Waals surface area contributed by atoms with Gasteiger partial charge in [-0.3, -0.25) is 23.7 Å². The second-order valence-electron chi connectivity index (χ2n) is 9.63. The van der Waals surface area contributed by atoms with Crippen LogP contribution in [0.2, 0.25) is 0 Å². The predicted molar refractivity (Wildman–Crippen MR) is 144 cm³/mol. The van der Waals surface area contributed by atoms with Gasteiger partial charge in [-0.25, -0.2) is 13.8 Å². The minimum absolute atomic E-state index is 0.108. The van der Waals surface area contributed by atoms with Crippen LogP contribution >= 0.6 is 7.75 Å². The van der Waals surface area contributed by atoms with E-state index in [0.717, 1.165) is 29.3 Å². The van der Waals surface area contributed by atoms with Crippen LogP contribution in [0.1, 0.15) is 27.0 Å². The minimum atomic E-state index is -4.60. The molecule has 1 fully saturated rings. The van der Waals surface area contributed by atoms with Crippen molar-refractivity contribution in [3.8, 4) is 5.75 Å². The number of nitrogens with one attached hydrogen (secondary N) is 2. The number of H-pyrrole nitrogens is 1. The monoisotopic (exact) mass is 595 g/mol. The van der Waals surface area contributed by atoms with E-state index in [-0.39, 0.29) is 5.75 Å². The molecule has 2 aromatic carbocycles. The number of carbonyl (C=O) groups excluding carboxylic acids is 1. The fourth-order valence-corrected chi connectivity index (χ4v) is 5.76. The van der Waals surface area contributed by atoms with Gasteiger partial charge in [-0.15, -0.1) is 0 Å². The molecule has 222 valence electrons. The third-order valence-electron chi connectivity index (χ3n) is 6.20. The number of aliphatic hydroxyl groups is 1. The standard InChI is InChI=1S/C26H31FN3O10P/c1-15(2)38-24(33)16(3)29-41(35,40-19-11-7-9-17-8-5-6-10-18(17)19)37-14-26(27)22(32)21(36-4)23(39-26)30-13-12-20(31)28-25(30)34/h5-13,15-16,21-23,32H,14H2,1-4H3,(H,29,35)(H,28,31,34)/t16-,21+,22-,23+,26+,41-/m0/s1. The Labute approximate surface area is 233 Å². The van der Waals surface area contributed by atoms with Crippen molar-refractivity contribution in [1.82, 2.24) is 14.6 Å². The Hall–Kier alpha value is -3.39. The Morgan fingerprint density at radius 3 is 2.59 bits per heavy atom. The summed E-state index contributed by atoms with van der Waals surface area (Å²) in [7, 11) is -3.44. The third-order valence-corrected chi connectivity index (χ3v) is 7.81. The topological polar surface area (TPSA) is 167 Å². The molecule has 6 atom stereocenters. The Morgan fingerprint density at radius 2 is 1.90 bits per heavy atom. The number of esters is 1. The highest BCUT2D eigenvalue weighted by molar-refractivity contribution is 7.52. The van der Waals surface area contributed by atoms with Crippen molar-refractivity contribution >= 4 is 24.5 Å². The summed E-state index contributed by atoms with van der Waals surface area (Å²) >= 11 is 0. The molecule has 3 N–H and O–H groups in total. The van der Waals surface area contributed by atoms with Crippen molar-refractivity contribution in [2.75, 3.05) is 13.7 Å². The molecule has 13 nitrogen and oxygen atoms in total. The summed E-state index contributed by atoms with van der Waals surface area (Å²) < 4.78 is 57.9. The molecule has 0 amide bonds. The second-order valence-corrected chi connectivity index (χ2v) is 11.3. The second kappa shape index (κ2) is 12.2. The Morgan fingerprint density at radius 1 is 1.20 bits per heavy atom. The first-order valence-electron chi connectivity index (χ1n) is 12.6. The number of nitrogens with zero attached hydrogens (tertiary/aromatic N) is 1. The summed E-state index contributed by atoms with van der Waals surface area (Å²) in [6.07, 6.45) is -4.42. The average molecular weight is 596 g/mol. The van der Waals surface area contributed by atoms with E-state index in [1.165, 1.54) is 13.0 Å². The molecule has 1 saturated heterocycles. The summed E-state index contributed by atoms with van der Waals surface area (Å²) in [4.78, 5) is 38.3. The highest BCUT2D eigenvalue weighted by Crippen LogP contribution is 2.49. The first-order chi connectivity index (χ1) is 19.4. The Bertz CT molecular complexity index is 1560. The lowest BCUT2D eigenvalue weighted by molar-refractivity contribution is -0.204. The van der Waals surface area contributed by atoms with Crippen molar-refractivity contribution in [2.24, 2.45) is 0 Å². The number of hydrogen-bond donors (Lipinski definition) is 3. The average Bonchev–Trinajstić information content (AvgIpc) is 3.17. The van der Waals surface area contributed by atoms with E-state index in [9.17, 15) is 24.1 Å². The van der Waals surface area contributed by atoms with Gasteiger partial charge in [0, 0.05) is 24.8 Å². The summed E-state index contributed by atoms with van der Waals surface area (Å²) in [6, 6.07) is 11.8. The maximum absolute atomic E-state index is 16.1. The fourth-order valence-electron chi connectivity index (χ4n) is 4.24. The molecule has 0 aliphatic carbocycles. The molecule has 4 rings (SSSR count). The maximum atomic E-state index is 16.1. The highest BCUT2D eigenvalue weighted by atomic mass is 31.2. The van der Waals surface area contributed by atoms with Crippen LogP contribution in [0.15, 0.2) is 64.3 Å². The van der Waals surface area contributed by atoms with Gasteiger partial charge < -0.3 is 23.8 Å². The molecule has 0 unspecified atom stereocenters. The zero-order valence-corrected chi connectivity index (χ0v) is 23.6. The van der Waals surface area contributed by atoms with Crippen LogP contribution in [0.3, 0.4) is 0 Å². The molecule has 0 spiro atoms.